The molecule has 0 amide bonds. The fraction of sp³-hybridized carbons (Fsp3) is 0.214. The number of nitrogens with zero attached hydrogens (tertiary/aromatic N) is 5. The van der Waals surface area contributed by atoms with Crippen LogP contribution in [-0.2, 0) is 18.5 Å². The lowest BCUT2D eigenvalue weighted by Crippen LogP contribution is -2.59. The van der Waals surface area contributed by atoms with Crippen LogP contribution >= 0.6 is 0 Å². The van der Waals surface area contributed by atoms with Crippen molar-refractivity contribution in [2.24, 2.45) is 0 Å². The average Bonchev–Trinajstić information content (AvgIpc) is 3.39. The Morgan fingerprint density at radius 1 is 1.00 bits per heavy atom. The monoisotopic (exact) mass is 479 g/mol. The van der Waals surface area contributed by atoms with E-state index in [2.05, 4.69) is 53.3 Å². The predicted molar refractivity (Wildman–Crippen MR) is 137 cm³/mol. The second-order valence-electron chi connectivity index (χ2n) is 9.73. The lowest BCUT2D eigenvalue weighted by Gasteiger charge is -2.47. The Bertz CT molecular complexity index is 1490. The van der Waals surface area contributed by atoms with Gasteiger partial charge in [-0.2, -0.15) is 0 Å². The Balaban J connectivity index is 1.38. The third kappa shape index (κ3) is 3.37. The molecule has 8 nitrogen and oxygen atoms in total. The summed E-state index contributed by atoms with van der Waals surface area (Å²) in [5.74, 6) is 0.613. The molecule has 4 aromatic rings. The lowest BCUT2D eigenvalue weighted by molar-refractivity contribution is -0.384. The number of rotatable bonds is 5. The molecule has 1 atom stereocenters. The largest absolute Gasteiger partial charge is 0.463 e. The summed E-state index contributed by atoms with van der Waals surface area (Å²) >= 11 is 0. The Hall–Kier alpha value is -4.46. The molecule has 0 bridgehead atoms. The zero-order chi connectivity index (χ0) is 24.9. The van der Waals surface area contributed by atoms with Gasteiger partial charge in [-0.15, -0.1) is 5.10 Å². The van der Waals surface area contributed by atoms with Gasteiger partial charge in [-0.05, 0) is 49.3 Å². The molecule has 2 aliphatic rings. The van der Waals surface area contributed by atoms with E-state index >= 15 is 0 Å². The molecule has 3 heterocycles. The first-order chi connectivity index (χ1) is 17.4. The number of hydrogen-bond donors (Lipinski definition) is 0. The maximum absolute atomic E-state index is 11.3. The van der Waals surface area contributed by atoms with E-state index in [0.717, 1.165) is 22.5 Å². The van der Waals surface area contributed by atoms with Crippen LogP contribution in [0.2, 0.25) is 0 Å². The molecule has 1 aromatic heterocycles. The van der Waals surface area contributed by atoms with Gasteiger partial charge < -0.3 is 9.64 Å². The number of aromatic nitrogens is 3. The average molecular weight is 480 g/mol. The third-order valence-corrected chi connectivity index (χ3v) is 7.22. The molecular formula is C28H25N5O3. The molecule has 8 heteroatoms. The quantitative estimate of drug-likeness (QED) is 0.284. The van der Waals surface area contributed by atoms with Crippen LogP contribution in [0.15, 0.2) is 85.1 Å². The van der Waals surface area contributed by atoms with E-state index in [9.17, 15) is 10.1 Å². The summed E-state index contributed by atoms with van der Waals surface area (Å²) in [7, 11) is 0. The predicted octanol–water partition coefficient (Wildman–Crippen LogP) is 5.33. The molecule has 2 aliphatic heterocycles. The van der Waals surface area contributed by atoms with E-state index in [4.69, 9.17) is 4.74 Å². The van der Waals surface area contributed by atoms with Gasteiger partial charge in [-0.1, -0.05) is 53.7 Å². The van der Waals surface area contributed by atoms with Gasteiger partial charge in [0, 0.05) is 23.4 Å². The number of ether oxygens (including phenoxy) is 1. The number of hydrogen-bond acceptors (Lipinski definition) is 6. The van der Waals surface area contributed by atoms with Gasteiger partial charge in [0.05, 0.1) is 29.6 Å². The zero-order valence-electron chi connectivity index (χ0n) is 20.0. The number of para-hydroxylation sites is 1. The number of non-ortho nitro benzene ring substituents is 1. The maximum atomic E-state index is 11.3. The van der Waals surface area contributed by atoms with Crippen molar-refractivity contribution < 1.29 is 9.66 Å². The van der Waals surface area contributed by atoms with Crippen LogP contribution < -0.4 is 9.64 Å². The fourth-order valence-electron chi connectivity index (χ4n) is 5.33. The van der Waals surface area contributed by atoms with Crippen molar-refractivity contribution in [3.05, 3.63) is 118 Å². The summed E-state index contributed by atoms with van der Waals surface area (Å²) < 4.78 is 8.61. The first kappa shape index (κ1) is 22.0. The molecular weight excluding hydrogens is 454 g/mol. The first-order valence-electron chi connectivity index (χ1n) is 11.8. The summed E-state index contributed by atoms with van der Waals surface area (Å²) in [4.78, 5) is 13.1. The minimum absolute atomic E-state index is 0.0406. The number of benzene rings is 3. The van der Waals surface area contributed by atoms with Crippen molar-refractivity contribution in [1.29, 1.82) is 0 Å². The highest BCUT2D eigenvalue weighted by Gasteiger charge is 2.58. The SMILES string of the molecule is CC1(C)c2ccccc2N(Cc2cn(Cc3ccccc3)nn2)C12C=Cc1cc([N+](=O)[O-])ccc1O2. The molecule has 6 rings (SSSR count). The van der Waals surface area contributed by atoms with Crippen molar-refractivity contribution in [3.63, 3.8) is 0 Å². The lowest BCUT2D eigenvalue weighted by atomic mass is 9.76. The summed E-state index contributed by atoms with van der Waals surface area (Å²) in [6, 6.07) is 23.2. The van der Waals surface area contributed by atoms with Gasteiger partial charge in [0.25, 0.3) is 5.69 Å². The molecule has 1 spiro atoms. The molecule has 0 aliphatic carbocycles. The smallest absolute Gasteiger partial charge is 0.270 e. The van der Waals surface area contributed by atoms with Crippen LogP contribution in [0.5, 0.6) is 5.75 Å². The number of fused-ring (bicyclic) bond motifs is 2. The second kappa shape index (κ2) is 8.05. The van der Waals surface area contributed by atoms with E-state index < -0.39 is 11.1 Å². The third-order valence-electron chi connectivity index (χ3n) is 7.22. The molecule has 0 saturated heterocycles. The second-order valence-corrected chi connectivity index (χ2v) is 9.73. The van der Waals surface area contributed by atoms with Gasteiger partial charge in [0.2, 0.25) is 5.72 Å². The first-order valence-corrected chi connectivity index (χ1v) is 11.8. The topological polar surface area (TPSA) is 86.3 Å². The van der Waals surface area contributed by atoms with E-state index in [1.165, 1.54) is 6.07 Å². The van der Waals surface area contributed by atoms with Gasteiger partial charge in [-0.3, -0.25) is 10.1 Å². The number of anilines is 1. The van der Waals surface area contributed by atoms with Gasteiger partial charge >= 0.3 is 0 Å². The van der Waals surface area contributed by atoms with Crippen molar-refractivity contribution in [2.45, 2.75) is 38.1 Å². The van der Waals surface area contributed by atoms with Crippen molar-refractivity contribution in [2.75, 3.05) is 4.90 Å². The van der Waals surface area contributed by atoms with E-state index in [0.29, 0.717) is 24.4 Å². The molecule has 1 unspecified atom stereocenters. The van der Waals surface area contributed by atoms with E-state index in [-0.39, 0.29) is 10.6 Å². The summed E-state index contributed by atoms with van der Waals surface area (Å²) in [5.41, 5.74) is 3.68. The van der Waals surface area contributed by atoms with E-state index in [1.54, 1.807) is 12.1 Å². The van der Waals surface area contributed by atoms with Crippen LogP contribution in [0, 0.1) is 10.1 Å². The summed E-state index contributed by atoms with van der Waals surface area (Å²) in [6.45, 7) is 5.46. The molecule has 0 radical (unpaired) electrons. The molecule has 0 N–H and O–H groups in total. The standard InChI is InChI=1S/C28H25N5O3/c1-27(2)24-10-6-7-11-25(24)32(19-22-18-31(30-29-22)17-20-8-4-3-5-9-20)28(27)15-14-21-16-23(33(34)35)12-13-26(21)36-28/h3-16,18H,17,19H2,1-2H3. The Kier molecular flexibility index (Phi) is 4.93. The highest BCUT2D eigenvalue weighted by atomic mass is 16.6. The summed E-state index contributed by atoms with van der Waals surface area (Å²) in [6.07, 6.45) is 5.92. The van der Waals surface area contributed by atoms with Crippen LogP contribution in [0.4, 0.5) is 11.4 Å². The number of nitro groups is 1. The van der Waals surface area contributed by atoms with Crippen LogP contribution in [0.25, 0.3) is 6.08 Å². The Morgan fingerprint density at radius 3 is 2.58 bits per heavy atom. The molecule has 36 heavy (non-hydrogen) atoms. The van der Waals surface area contributed by atoms with Crippen molar-refractivity contribution >= 4 is 17.5 Å². The van der Waals surface area contributed by atoms with Gasteiger partial charge in [-0.25, -0.2) is 4.68 Å². The molecule has 180 valence electrons. The normalized spacial score (nSPS) is 19.1. The maximum Gasteiger partial charge on any atom is 0.270 e. The number of nitro benzene ring substituents is 1. The Morgan fingerprint density at radius 2 is 1.78 bits per heavy atom. The summed E-state index contributed by atoms with van der Waals surface area (Å²) in [5, 5.41) is 20.1. The minimum Gasteiger partial charge on any atom is -0.463 e. The highest BCUT2D eigenvalue weighted by molar-refractivity contribution is 5.73. The van der Waals surface area contributed by atoms with Crippen molar-refractivity contribution in [1.82, 2.24) is 15.0 Å². The van der Waals surface area contributed by atoms with E-state index in [1.807, 2.05) is 53.4 Å². The molecule has 0 fully saturated rings. The zero-order valence-corrected chi connectivity index (χ0v) is 20.0. The highest BCUT2D eigenvalue weighted by Crippen LogP contribution is 2.55. The fourth-order valence-corrected chi connectivity index (χ4v) is 5.33. The Labute approximate surface area is 208 Å². The van der Waals surface area contributed by atoms with Crippen LogP contribution in [0.3, 0.4) is 0 Å². The van der Waals surface area contributed by atoms with Gasteiger partial charge in [0.1, 0.15) is 11.4 Å². The van der Waals surface area contributed by atoms with Crippen LogP contribution in [-0.4, -0.2) is 25.6 Å². The van der Waals surface area contributed by atoms with Gasteiger partial charge in [0.15, 0.2) is 0 Å². The minimum atomic E-state index is -0.844. The molecule has 3 aromatic carbocycles. The van der Waals surface area contributed by atoms with Crippen LogP contribution in [0.1, 0.15) is 36.2 Å². The van der Waals surface area contributed by atoms with Crippen molar-refractivity contribution in [3.8, 4) is 5.75 Å². The molecule has 0 saturated carbocycles.